The molecule has 1 aromatic heterocycles. The first-order valence-corrected chi connectivity index (χ1v) is 9.16. The predicted octanol–water partition coefficient (Wildman–Crippen LogP) is 2.99. The molecule has 0 radical (unpaired) electrons. The third-order valence-corrected chi connectivity index (χ3v) is 4.35. The molecule has 0 spiro atoms. The molecule has 0 bridgehead atoms. The van der Waals surface area contributed by atoms with Crippen LogP contribution in [0.25, 0.3) is 0 Å². The summed E-state index contributed by atoms with van der Waals surface area (Å²) in [4.78, 5) is 27.6. The van der Waals surface area contributed by atoms with Crippen LogP contribution in [-0.4, -0.2) is 42.3 Å². The van der Waals surface area contributed by atoms with Crippen molar-refractivity contribution in [3.63, 3.8) is 0 Å². The van der Waals surface area contributed by atoms with Crippen molar-refractivity contribution in [2.24, 2.45) is 5.92 Å². The number of ether oxygens (including phenoxy) is 2. The van der Waals surface area contributed by atoms with E-state index in [0.717, 1.165) is 0 Å². The molecule has 1 saturated heterocycles. The minimum Gasteiger partial charge on any atom is -0.481 e. The molecule has 0 saturated carbocycles. The summed E-state index contributed by atoms with van der Waals surface area (Å²) in [6.07, 6.45) is 0.632. The molecule has 2 amide bonds. The first kappa shape index (κ1) is 21.8. The number of alkyl halides is 2. The lowest BCUT2D eigenvalue weighted by Gasteiger charge is -2.20. The molecule has 1 aromatic rings. The third kappa shape index (κ3) is 6.31. The number of nitrogens with zero attached hydrogens (tertiary/aromatic N) is 1. The van der Waals surface area contributed by atoms with Crippen molar-refractivity contribution in [3.05, 3.63) is 23.9 Å². The van der Waals surface area contributed by atoms with Gasteiger partial charge in [-0.25, -0.2) is 18.6 Å². The van der Waals surface area contributed by atoms with Gasteiger partial charge in [-0.1, -0.05) is 0 Å². The van der Waals surface area contributed by atoms with Crippen LogP contribution < -0.4 is 15.4 Å². The Hall–Kier alpha value is -2.45. The molecule has 0 aromatic carbocycles. The molecule has 28 heavy (non-hydrogen) atoms. The van der Waals surface area contributed by atoms with E-state index < -0.39 is 30.0 Å². The van der Waals surface area contributed by atoms with Crippen molar-refractivity contribution < 1.29 is 27.8 Å². The van der Waals surface area contributed by atoms with Gasteiger partial charge in [0.05, 0.1) is 7.11 Å². The number of amides is 2. The Morgan fingerprint density at radius 1 is 1.39 bits per heavy atom. The fourth-order valence-electron chi connectivity index (χ4n) is 2.98. The molecule has 1 fully saturated rings. The summed E-state index contributed by atoms with van der Waals surface area (Å²) < 4.78 is 39.0. The maximum atomic E-state index is 14.5. The summed E-state index contributed by atoms with van der Waals surface area (Å²) in [6, 6.07) is 2.13. The van der Waals surface area contributed by atoms with Gasteiger partial charge >= 0.3 is 6.09 Å². The van der Waals surface area contributed by atoms with Crippen LogP contribution in [0.1, 0.15) is 45.6 Å². The van der Waals surface area contributed by atoms with E-state index >= 15 is 0 Å². The highest BCUT2D eigenvalue weighted by Gasteiger charge is 2.37. The van der Waals surface area contributed by atoms with E-state index in [1.54, 1.807) is 20.8 Å². The van der Waals surface area contributed by atoms with Crippen LogP contribution in [0, 0.1) is 5.92 Å². The monoisotopic (exact) mass is 399 g/mol. The number of pyridine rings is 1. The van der Waals surface area contributed by atoms with Gasteiger partial charge in [-0.2, -0.15) is 0 Å². The molecule has 0 aliphatic carbocycles. The number of hydrogen-bond acceptors (Lipinski definition) is 5. The second-order valence-corrected chi connectivity index (χ2v) is 7.85. The fourth-order valence-corrected chi connectivity index (χ4v) is 2.98. The molecular weight excluding hydrogens is 372 g/mol. The Morgan fingerprint density at radius 2 is 2.11 bits per heavy atom. The molecule has 156 valence electrons. The minimum atomic E-state index is -3.09. The van der Waals surface area contributed by atoms with Gasteiger partial charge in [-0.15, -0.1) is 0 Å². The van der Waals surface area contributed by atoms with Gasteiger partial charge in [0.15, 0.2) is 0 Å². The summed E-state index contributed by atoms with van der Waals surface area (Å²) in [7, 11) is 1.36. The van der Waals surface area contributed by atoms with Crippen molar-refractivity contribution in [3.8, 4) is 5.88 Å². The summed E-state index contributed by atoms with van der Waals surface area (Å²) in [5.41, 5.74) is -0.812. The van der Waals surface area contributed by atoms with Crippen LogP contribution >= 0.6 is 0 Å². The van der Waals surface area contributed by atoms with Crippen LogP contribution in [0.2, 0.25) is 0 Å². The molecule has 1 aliphatic rings. The molecular formula is C19H27F2N3O4. The van der Waals surface area contributed by atoms with E-state index in [-0.39, 0.29) is 36.4 Å². The molecule has 2 heterocycles. The summed E-state index contributed by atoms with van der Waals surface area (Å²) in [5, 5.41) is 5.32. The molecule has 0 unspecified atom stereocenters. The number of halogens is 2. The number of rotatable bonds is 7. The number of aromatic nitrogens is 1. The van der Waals surface area contributed by atoms with Crippen molar-refractivity contribution in [1.29, 1.82) is 0 Å². The topological polar surface area (TPSA) is 89.5 Å². The molecule has 9 heteroatoms. The standard InChI is InChI=1S/C19H27F2N3O4/c1-18(2,3)28-17(26)23-11-14-9-12(16(25)24-14)5-7-19(20,21)13-6-8-22-15(10-13)27-4/h6,8,10,12,14H,5,7,9,11H2,1-4H3,(H,23,26)(H,24,25)/t12-,14-/m0/s1. The van der Waals surface area contributed by atoms with Gasteiger partial charge in [-0.05, 0) is 39.7 Å². The number of carbonyl (C=O) groups excluding carboxylic acids is 2. The van der Waals surface area contributed by atoms with Gasteiger partial charge in [0.2, 0.25) is 11.8 Å². The maximum absolute atomic E-state index is 14.5. The predicted molar refractivity (Wildman–Crippen MR) is 98.2 cm³/mol. The van der Waals surface area contributed by atoms with Crippen LogP contribution in [0.3, 0.4) is 0 Å². The average molecular weight is 399 g/mol. The number of carbonyl (C=O) groups is 2. The number of methoxy groups -OCH3 is 1. The van der Waals surface area contributed by atoms with E-state index in [0.29, 0.717) is 6.42 Å². The quantitative estimate of drug-likeness (QED) is 0.736. The number of alkyl carbamates (subject to hydrolysis) is 1. The highest BCUT2D eigenvalue weighted by Crippen LogP contribution is 2.36. The molecule has 7 nitrogen and oxygen atoms in total. The minimum absolute atomic E-state index is 0.0341. The lowest BCUT2D eigenvalue weighted by molar-refractivity contribution is -0.123. The van der Waals surface area contributed by atoms with E-state index in [1.165, 1.54) is 25.4 Å². The van der Waals surface area contributed by atoms with E-state index in [4.69, 9.17) is 9.47 Å². The van der Waals surface area contributed by atoms with E-state index in [9.17, 15) is 18.4 Å². The zero-order valence-corrected chi connectivity index (χ0v) is 16.6. The van der Waals surface area contributed by atoms with Crippen LogP contribution in [0.4, 0.5) is 13.6 Å². The number of nitrogens with one attached hydrogen (secondary N) is 2. The van der Waals surface area contributed by atoms with Crippen molar-refractivity contribution in [1.82, 2.24) is 15.6 Å². The molecule has 1 aliphatic heterocycles. The zero-order valence-electron chi connectivity index (χ0n) is 16.6. The van der Waals surface area contributed by atoms with E-state index in [2.05, 4.69) is 15.6 Å². The second kappa shape index (κ2) is 8.70. The zero-order chi connectivity index (χ0) is 20.9. The first-order valence-electron chi connectivity index (χ1n) is 9.16. The maximum Gasteiger partial charge on any atom is 0.407 e. The van der Waals surface area contributed by atoms with Gasteiger partial charge < -0.3 is 20.1 Å². The lowest BCUT2D eigenvalue weighted by atomic mass is 9.94. The SMILES string of the molecule is COc1cc(C(F)(F)CC[C@H]2C[C@@H](CNC(=O)OC(C)(C)C)NC2=O)ccn1. The summed E-state index contributed by atoms with van der Waals surface area (Å²) >= 11 is 0. The van der Waals surface area contributed by atoms with Crippen molar-refractivity contribution in [2.45, 2.75) is 57.6 Å². The smallest absolute Gasteiger partial charge is 0.407 e. The van der Waals surface area contributed by atoms with Crippen LogP contribution in [0.15, 0.2) is 18.3 Å². The van der Waals surface area contributed by atoms with Gasteiger partial charge in [0.1, 0.15) is 5.60 Å². The first-order chi connectivity index (χ1) is 13.0. The Labute approximate surface area is 163 Å². The van der Waals surface area contributed by atoms with Gasteiger partial charge in [-0.3, -0.25) is 4.79 Å². The Morgan fingerprint density at radius 3 is 2.75 bits per heavy atom. The lowest BCUT2D eigenvalue weighted by Crippen LogP contribution is -2.40. The second-order valence-electron chi connectivity index (χ2n) is 7.85. The van der Waals surface area contributed by atoms with Gasteiger partial charge in [0.25, 0.3) is 5.92 Å². The summed E-state index contributed by atoms with van der Waals surface area (Å²) in [6.45, 7) is 5.44. The Kier molecular flexibility index (Phi) is 6.79. The van der Waals surface area contributed by atoms with E-state index in [1.807, 2.05) is 0 Å². The summed E-state index contributed by atoms with van der Waals surface area (Å²) in [5.74, 6) is -3.79. The highest BCUT2D eigenvalue weighted by atomic mass is 19.3. The molecule has 2 atom stereocenters. The largest absolute Gasteiger partial charge is 0.481 e. The Balaban J connectivity index is 1.84. The van der Waals surface area contributed by atoms with Crippen molar-refractivity contribution in [2.75, 3.05) is 13.7 Å². The van der Waals surface area contributed by atoms with Crippen molar-refractivity contribution >= 4 is 12.0 Å². The Bertz CT molecular complexity index is 707. The van der Waals surface area contributed by atoms with Crippen LogP contribution in [-0.2, 0) is 15.5 Å². The third-order valence-electron chi connectivity index (χ3n) is 4.35. The molecule has 2 N–H and O–H groups in total. The highest BCUT2D eigenvalue weighted by molar-refractivity contribution is 5.81. The van der Waals surface area contributed by atoms with Gasteiger partial charge in [0, 0.05) is 42.8 Å². The average Bonchev–Trinajstić information content (AvgIpc) is 2.97. The normalized spacial score (nSPS) is 19.9. The fraction of sp³-hybridized carbons (Fsp3) is 0.632. The molecule has 2 rings (SSSR count). The van der Waals surface area contributed by atoms with Crippen LogP contribution in [0.5, 0.6) is 5.88 Å². The number of hydrogen-bond donors (Lipinski definition) is 2.